The molecule has 0 aliphatic carbocycles. The van der Waals surface area contributed by atoms with Crippen LogP contribution in [-0.4, -0.2) is 45.0 Å². The molecule has 1 amide bonds. The van der Waals surface area contributed by atoms with Crippen LogP contribution in [0.25, 0.3) is 10.9 Å². The Kier molecular flexibility index (Phi) is 8.10. The summed E-state index contributed by atoms with van der Waals surface area (Å²) in [6, 6.07) is 7.97. The maximum absolute atomic E-state index is 12.2. The number of hydrogen-bond acceptors (Lipinski definition) is 6. The first-order valence-electron chi connectivity index (χ1n) is 11.0. The van der Waals surface area contributed by atoms with Gasteiger partial charge in [-0.05, 0) is 32.4 Å². The minimum Gasteiger partial charge on any atom is -0.486 e. The molecule has 34 heavy (non-hydrogen) atoms. The predicted octanol–water partition coefficient (Wildman–Crippen LogP) is 5.51. The molecular formula is C25H26ClIN4O3. The van der Waals surface area contributed by atoms with Crippen LogP contribution in [0.15, 0.2) is 48.9 Å². The van der Waals surface area contributed by atoms with E-state index < -0.39 is 0 Å². The minimum atomic E-state index is -0.0511. The quantitative estimate of drug-likeness (QED) is 0.185. The molecule has 178 valence electrons. The van der Waals surface area contributed by atoms with Crippen LogP contribution >= 0.6 is 34.2 Å². The molecule has 0 saturated carbocycles. The third-order valence-corrected chi connectivity index (χ3v) is 6.63. The number of rotatable bonds is 9. The third-order valence-electron chi connectivity index (χ3n) is 5.57. The number of aryl methyl sites for hydroxylation is 1. The van der Waals surface area contributed by atoms with Crippen molar-refractivity contribution < 1.29 is 14.3 Å². The molecule has 1 saturated heterocycles. The average molecular weight is 593 g/mol. The minimum absolute atomic E-state index is 0.0414. The summed E-state index contributed by atoms with van der Waals surface area (Å²) in [7, 11) is 0. The molecule has 1 aromatic carbocycles. The molecule has 1 aliphatic heterocycles. The highest BCUT2D eigenvalue weighted by Crippen LogP contribution is 2.34. The maximum atomic E-state index is 12.2. The lowest BCUT2D eigenvalue weighted by molar-refractivity contribution is -0.136. The molecule has 1 fully saturated rings. The van der Waals surface area contributed by atoms with Gasteiger partial charge in [0.15, 0.2) is 6.61 Å². The molecule has 2 aromatic heterocycles. The van der Waals surface area contributed by atoms with Crippen LogP contribution in [0.2, 0.25) is 5.02 Å². The van der Waals surface area contributed by atoms with E-state index in [0.717, 1.165) is 46.3 Å². The van der Waals surface area contributed by atoms with E-state index in [0.29, 0.717) is 22.1 Å². The Balaban J connectivity index is 1.59. The lowest BCUT2D eigenvalue weighted by Crippen LogP contribution is -2.44. The van der Waals surface area contributed by atoms with Crippen molar-refractivity contribution in [3.05, 3.63) is 65.2 Å². The van der Waals surface area contributed by atoms with Crippen molar-refractivity contribution in [2.24, 2.45) is 0 Å². The van der Waals surface area contributed by atoms with Crippen LogP contribution < -0.4 is 14.4 Å². The van der Waals surface area contributed by atoms with E-state index in [1.165, 1.54) is 0 Å². The number of anilines is 1. The van der Waals surface area contributed by atoms with Crippen LogP contribution in [0.5, 0.6) is 11.5 Å². The molecule has 0 spiro atoms. The van der Waals surface area contributed by atoms with Gasteiger partial charge in [-0.2, -0.15) is 0 Å². The van der Waals surface area contributed by atoms with E-state index in [1.54, 1.807) is 17.3 Å². The summed E-state index contributed by atoms with van der Waals surface area (Å²) in [5, 5.41) is 1.42. The number of pyridine rings is 2. The highest BCUT2D eigenvalue weighted by molar-refractivity contribution is 14.1. The van der Waals surface area contributed by atoms with Crippen LogP contribution in [0.1, 0.15) is 24.6 Å². The monoisotopic (exact) mass is 592 g/mol. The Bertz CT molecular complexity index is 1220. The first-order valence-corrected chi connectivity index (χ1v) is 12.9. The smallest absolute Gasteiger partial charge is 0.260 e. The van der Waals surface area contributed by atoms with Gasteiger partial charge in [-0.25, -0.2) is 4.98 Å². The number of para-hydroxylation sites is 1. The van der Waals surface area contributed by atoms with E-state index in [2.05, 4.69) is 44.7 Å². The molecule has 0 bridgehead atoms. The molecule has 1 aliphatic rings. The van der Waals surface area contributed by atoms with Crippen molar-refractivity contribution in [3.63, 3.8) is 0 Å². The molecule has 0 N–H and O–H groups in total. The summed E-state index contributed by atoms with van der Waals surface area (Å²) in [4.78, 5) is 25.0. The van der Waals surface area contributed by atoms with Gasteiger partial charge in [0.25, 0.3) is 5.91 Å². The van der Waals surface area contributed by atoms with E-state index in [1.807, 2.05) is 38.1 Å². The number of likely N-dealkylation sites (tertiary alicyclic amines) is 1. The van der Waals surface area contributed by atoms with E-state index in [-0.39, 0.29) is 19.1 Å². The fourth-order valence-electron chi connectivity index (χ4n) is 3.70. The highest BCUT2D eigenvalue weighted by atomic mass is 127. The van der Waals surface area contributed by atoms with Gasteiger partial charge < -0.3 is 19.3 Å². The number of fused-ring (bicyclic) bond motifs is 1. The zero-order valence-electron chi connectivity index (χ0n) is 19.1. The van der Waals surface area contributed by atoms with Crippen LogP contribution in [0.3, 0.4) is 0 Å². The number of halogens is 2. The predicted molar refractivity (Wildman–Crippen MR) is 143 cm³/mol. The number of alkyl halides is 1. The van der Waals surface area contributed by atoms with Gasteiger partial charge in [-0.15, -0.1) is 0 Å². The normalized spacial score (nSPS) is 13.2. The number of hydrogen-bond donors (Lipinski definition) is 0. The SMILES string of the molecule is C/C=C\N(CI)c1cc(C)nc2c(OCc3c(Cl)cncc3OCC(=O)N3CCC3)cccc12. The zero-order chi connectivity index (χ0) is 24.1. The van der Waals surface area contributed by atoms with Crippen molar-refractivity contribution >= 4 is 56.7 Å². The second kappa shape index (κ2) is 11.2. The van der Waals surface area contributed by atoms with Gasteiger partial charge in [-0.3, -0.25) is 9.78 Å². The Hall–Kier alpha value is -2.59. The standard InChI is InChI=1S/C25H26ClIN4O3/c1-3-8-31(16-27)21-11-17(2)29-25-18(21)6-4-7-22(25)33-14-19-20(26)12-28-13-23(19)34-15-24(32)30-9-5-10-30/h3-4,6-8,11-13H,5,9-10,14-16H2,1-2H3/b8-3-. The fraction of sp³-hybridized carbons (Fsp3) is 0.320. The number of aromatic nitrogens is 2. The molecule has 4 rings (SSSR count). The lowest BCUT2D eigenvalue weighted by atomic mass is 10.1. The molecule has 0 radical (unpaired) electrons. The van der Waals surface area contributed by atoms with Gasteiger partial charge >= 0.3 is 0 Å². The van der Waals surface area contributed by atoms with Gasteiger partial charge in [0.1, 0.15) is 23.6 Å². The summed E-state index contributed by atoms with van der Waals surface area (Å²) in [5.74, 6) is 1.04. The molecule has 0 atom stereocenters. The molecule has 9 heteroatoms. The highest BCUT2D eigenvalue weighted by Gasteiger charge is 2.21. The number of amides is 1. The largest absolute Gasteiger partial charge is 0.486 e. The first-order chi connectivity index (χ1) is 16.5. The second-order valence-corrected chi connectivity index (χ2v) is 9.01. The Labute approximate surface area is 217 Å². The van der Waals surface area contributed by atoms with E-state index in [4.69, 9.17) is 26.1 Å². The molecule has 3 aromatic rings. The van der Waals surface area contributed by atoms with Crippen LogP contribution in [-0.2, 0) is 11.4 Å². The topological polar surface area (TPSA) is 67.8 Å². The van der Waals surface area contributed by atoms with Crippen LogP contribution in [0, 0.1) is 6.92 Å². The summed E-state index contributed by atoms with van der Waals surface area (Å²) < 4.78 is 12.8. The van der Waals surface area contributed by atoms with Crippen molar-refractivity contribution in [1.29, 1.82) is 0 Å². The number of nitrogens with zero attached hydrogens (tertiary/aromatic N) is 4. The number of ether oxygens (including phenoxy) is 2. The molecular weight excluding hydrogens is 567 g/mol. The van der Waals surface area contributed by atoms with Gasteiger partial charge in [-0.1, -0.05) is 52.4 Å². The van der Waals surface area contributed by atoms with E-state index >= 15 is 0 Å². The maximum Gasteiger partial charge on any atom is 0.260 e. The Morgan fingerprint density at radius 1 is 1.26 bits per heavy atom. The third kappa shape index (κ3) is 5.38. The second-order valence-electron chi connectivity index (χ2n) is 7.92. The summed E-state index contributed by atoms with van der Waals surface area (Å²) >= 11 is 8.77. The first kappa shape index (κ1) is 24.5. The summed E-state index contributed by atoms with van der Waals surface area (Å²) in [6.07, 6.45) is 8.21. The van der Waals surface area contributed by atoms with Crippen molar-refractivity contribution in [3.8, 4) is 11.5 Å². The fourth-order valence-corrected chi connectivity index (χ4v) is 4.50. The summed E-state index contributed by atoms with van der Waals surface area (Å²) in [5.41, 5.74) is 3.38. The Morgan fingerprint density at radius 3 is 2.79 bits per heavy atom. The lowest BCUT2D eigenvalue weighted by Gasteiger charge is -2.30. The summed E-state index contributed by atoms with van der Waals surface area (Å²) in [6.45, 7) is 5.64. The number of carbonyl (C=O) groups excluding carboxylic acids is 1. The average Bonchev–Trinajstić information content (AvgIpc) is 2.79. The number of benzene rings is 1. The molecule has 7 nitrogen and oxygen atoms in total. The van der Waals surface area contributed by atoms with Gasteiger partial charge in [0.05, 0.1) is 27.0 Å². The van der Waals surface area contributed by atoms with Crippen LogP contribution in [0.4, 0.5) is 5.69 Å². The Morgan fingerprint density at radius 2 is 2.09 bits per heavy atom. The van der Waals surface area contributed by atoms with Crippen molar-refractivity contribution in [2.45, 2.75) is 26.9 Å². The zero-order valence-corrected chi connectivity index (χ0v) is 22.0. The van der Waals surface area contributed by atoms with Crippen molar-refractivity contribution in [1.82, 2.24) is 14.9 Å². The van der Waals surface area contributed by atoms with Crippen molar-refractivity contribution in [2.75, 3.05) is 29.1 Å². The van der Waals surface area contributed by atoms with E-state index in [9.17, 15) is 4.79 Å². The van der Waals surface area contributed by atoms with Gasteiger partial charge in [0, 0.05) is 36.6 Å². The van der Waals surface area contributed by atoms with Gasteiger partial charge in [0.2, 0.25) is 0 Å². The molecule has 3 heterocycles. The molecule has 0 unspecified atom stereocenters. The number of allylic oxidation sites excluding steroid dienone is 1. The number of carbonyl (C=O) groups is 1.